The molecule has 0 fully saturated rings. The number of aryl methyl sites for hydroxylation is 2. The number of methoxy groups -OCH3 is 2. The van der Waals surface area contributed by atoms with Crippen molar-refractivity contribution >= 4 is 5.91 Å². The molecule has 0 radical (unpaired) electrons. The summed E-state index contributed by atoms with van der Waals surface area (Å²) in [6.07, 6.45) is 3.26. The zero-order valence-electron chi connectivity index (χ0n) is 23.1. The number of carbonyl (C=O) groups excluding carboxylic acids is 1. The first-order valence-electron chi connectivity index (χ1n) is 13.6. The smallest absolute Gasteiger partial charge is 0.250 e. The van der Waals surface area contributed by atoms with E-state index in [-0.39, 0.29) is 0 Å². The number of fused-ring (bicyclic) bond motifs is 1. The number of benzene rings is 3. The molecule has 0 saturated heterocycles. The highest BCUT2D eigenvalue weighted by Crippen LogP contribution is 2.28. The Labute approximate surface area is 235 Å². The summed E-state index contributed by atoms with van der Waals surface area (Å²) in [5.41, 5.74) is 11.7. The van der Waals surface area contributed by atoms with Gasteiger partial charge in [0.25, 0.3) is 5.91 Å². The number of amides is 1. The van der Waals surface area contributed by atoms with Crippen molar-refractivity contribution in [3.63, 3.8) is 0 Å². The molecule has 0 saturated carbocycles. The van der Waals surface area contributed by atoms with Crippen molar-refractivity contribution in [3.05, 3.63) is 112 Å². The van der Waals surface area contributed by atoms with Crippen LogP contribution >= 0.6 is 0 Å². The van der Waals surface area contributed by atoms with Gasteiger partial charge in [0.2, 0.25) is 5.88 Å². The minimum absolute atomic E-state index is 0.418. The lowest BCUT2D eigenvalue weighted by atomic mass is 9.99. The van der Waals surface area contributed by atoms with E-state index in [1.54, 1.807) is 26.4 Å². The Morgan fingerprint density at radius 2 is 1.45 bits per heavy atom. The molecule has 0 spiro atoms. The van der Waals surface area contributed by atoms with Crippen molar-refractivity contribution in [2.45, 2.75) is 32.2 Å². The quantitative estimate of drug-likeness (QED) is 0.277. The van der Waals surface area contributed by atoms with Gasteiger partial charge in [0, 0.05) is 25.7 Å². The van der Waals surface area contributed by atoms with Gasteiger partial charge in [-0.3, -0.25) is 9.69 Å². The Bertz CT molecular complexity index is 1450. The van der Waals surface area contributed by atoms with Gasteiger partial charge in [-0.05, 0) is 90.4 Å². The second kappa shape index (κ2) is 12.7. The average molecular weight is 538 g/mol. The number of hydrogen-bond donors (Lipinski definition) is 1. The number of primary amides is 1. The second-order valence-corrected chi connectivity index (χ2v) is 10.0. The van der Waals surface area contributed by atoms with Crippen LogP contribution in [0.2, 0.25) is 0 Å². The van der Waals surface area contributed by atoms with Crippen LogP contribution in [0.1, 0.15) is 38.3 Å². The molecule has 0 aliphatic carbocycles. The number of pyridine rings is 1. The lowest BCUT2D eigenvalue weighted by Gasteiger charge is -2.29. The second-order valence-electron chi connectivity index (χ2n) is 10.0. The monoisotopic (exact) mass is 537 g/mol. The van der Waals surface area contributed by atoms with E-state index in [1.807, 2.05) is 42.5 Å². The fraction of sp³-hybridized carbons (Fsp3) is 0.273. The van der Waals surface area contributed by atoms with Crippen LogP contribution in [0.15, 0.2) is 78.9 Å². The molecule has 1 aliphatic heterocycles. The number of hydrogen-bond acceptors (Lipinski definition) is 6. The zero-order chi connectivity index (χ0) is 27.9. The number of carbonyl (C=O) groups is 1. The van der Waals surface area contributed by atoms with Gasteiger partial charge >= 0.3 is 0 Å². The Morgan fingerprint density at radius 1 is 0.800 bits per heavy atom. The van der Waals surface area contributed by atoms with E-state index in [4.69, 9.17) is 19.9 Å². The molecule has 1 aliphatic rings. The van der Waals surface area contributed by atoms with Crippen LogP contribution in [0.4, 0.5) is 0 Å². The van der Waals surface area contributed by atoms with Crippen molar-refractivity contribution in [1.82, 2.24) is 9.88 Å². The summed E-state index contributed by atoms with van der Waals surface area (Å²) < 4.78 is 16.6. The van der Waals surface area contributed by atoms with Crippen molar-refractivity contribution in [2.75, 3.05) is 27.3 Å². The van der Waals surface area contributed by atoms with E-state index in [9.17, 15) is 4.79 Å². The van der Waals surface area contributed by atoms with Gasteiger partial charge in [-0.25, -0.2) is 4.98 Å². The van der Waals surface area contributed by atoms with Crippen molar-refractivity contribution in [1.29, 1.82) is 0 Å². The van der Waals surface area contributed by atoms with Gasteiger partial charge in [0.05, 0.1) is 25.5 Å². The lowest BCUT2D eigenvalue weighted by molar-refractivity contribution is 0.0999. The van der Waals surface area contributed by atoms with Gasteiger partial charge in [0.15, 0.2) is 0 Å². The van der Waals surface area contributed by atoms with E-state index < -0.39 is 5.91 Å². The molecule has 0 unspecified atom stereocenters. The standard InChI is InChI=1S/C33H35N3O4/c1-38-27-9-3-23(4-10-27)7-15-31-30(33(34)37)14-16-32(35-31)40-29-13-8-26-22-36(20-18-25(26)21-29)19-17-24-5-11-28(39-2)12-6-24/h3-6,8-14,16,21H,7,15,17-20,22H2,1-2H3,(H2,34,37). The topological polar surface area (TPSA) is 86.9 Å². The molecule has 206 valence electrons. The summed E-state index contributed by atoms with van der Waals surface area (Å²) in [7, 11) is 3.33. The third kappa shape index (κ3) is 6.79. The lowest BCUT2D eigenvalue weighted by Crippen LogP contribution is -2.32. The maximum Gasteiger partial charge on any atom is 0.250 e. The summed E-state index contributed by atoms with van der Waals surface area (Å²) >= 11 is 0. The van der Waals surface area contributed by atoms with Gasteiger partial charge in [0.1, 0.15) is 17.2 Å². The highest BCUT2D eigenvalue weighted by molar-refractivity contribution is 5.94. The molecule has 5 rings (SSSR count). The molecule has 1 aromatic heterocycles. The number of aromatic nitrogens is 1. The average Bonchev–Trinajstić information content (AvgIpc) is 2.99. The molecule has 3 aromatic carbocycles. The number of nitrogens with two attached hydrogens (primary N) is 1. The molecule has 2 N–H and O–H groups in total. The molecule has 0 atom stereocenters. The molecule has 7 nitrogen and oxygen atoms in total. The number of rotatable bonds is 11. The number of ether oxygens (including phenoxy) is 3. The van der Waals surface area contributed by atoms with Gasteiger partial charge < -0.3 is 19.9 Å². The predicted molar refractivity (Wildman–Crippen MR) is 155 cm³/mol. The highest BCUT2D eigenvalue weighted by Gasteiger charge is 2.18. The van der Waals surface area contributed by atoms with Gasteiger partial charge in [-0.1, -0.05) is 30.3 Å². The maximum atomic E-state index is 12.0. The fourth-order valence-electron chi connectivity index (χ4n) is 5.05. The van der Waals surface area contributed by atoms with Crippen LogP contribution in [-0.4, -0.2) is 43.1 Å². The largest absolute Gasteiger partial charge is 0.497 e. The minimum atomic E-state index is -0.492. The molecular weight excluding hydrogens is 502 g/mol. The summed E-state index contributed by atoms with van der Waals surface area (Å²) in [6, 6.07) is 25.8. The van der Waals surface area contributed by atoms with E-state index in [0.29, 0.717) is 30.0 Å². The first-order valence-corrected chi connectivity index (χ1v) is 13.6. The van der Waals surface area contributed by atoms with E-state index >= 15 is 0 Å². The van der Waals surface area contributed by atoms with Crippen LogP contribution in [-0.2, 0) is 32.2 Å². The minimum Gasteiger partial charge on any atom is -0.497 e. The van der Waals surface area contributed by atoms with Crippen LogP contribution in [0.5, 0.6) is 23.1 Å². The third-order valence-corrected chi connectivity index (χ3v) is 7.39. The van der Waals surface area contributed by atoms with E-state index in [0.717, 1.165) is 55.3 Å². The Morgan fingerprint density at radius 3 is 2.10 bits per heavy atom. The molecule has 2 heterocycles. The first-order chi connectivity index (χ1) is 19.5. The third-order valence-electron chi connectivity index (χ3n) is 7.39. The Balaban J connectivity index is 1.21. The SMILES string of the molecule is COc1ccc(CCc2nc(Oc3ccc4c(c3)CCN(CCc3ccc(OC)cc3)C4)ccc2C(N)=O)cc1. The first kappa shape index (κ1) is 27.2. The van der Waals surface area contributed by atoms with E-state index in [2.05, 4.69) is 34.1 Å². The van der Waals surface area contributed by atoms with Crippen molar-refractivity contribution in [3.8, 4) is 23.1 Å². The van der Waals surface area contributed by atoms with Crippen molar-refractivity contribution < 1.29 is 19.0 Å². The number of nitrogens with zero attached hydrogens (tertiary/aromatic N) is 2. The summed E-state index contributed by atoms with van der Waals surface area (Å²) in [5.74, 6) is 2.39. The molecule has 4 aromatic rings. The van der Waals surface area contributed by atoms with Crippen molar-refractivity contribution in [2.24, 2.45) is 5.73 Å². The molecule has 40 heavy (non-hydrogen) atoms. The molecule has 1 amide bonds. The van der Waals surface area contributed by atoms with Crippen LogP contribution < -0.4 is 19.9 Å². The Kier molecular flexibility index (Phi) is 8.62. The molecular formula is C33H35N3O4. The molecule has 0 bridgehead atoms. The fourth-order valence-corrected chi connectivity index (χ4v) is 5.05. The zero-order valence-corrected chi connectivity index (χ0v) is 23.1. The van der Waals surface area contributed by atoms with Crippen LogP contribution in [0, 0.1) is 0 Å². The molecule has 7 heteroatoms. The van der Waals surface area contributed by atoms with Gasteiger partial charge in [-0.2, -0.15) is 0 Å². The Hall–Kier alpha value is -4.36. The maximum absolute atomic E-state index is 12.0. The normalized spacial score (nSPS) is 12.9. The summed E-state index contributed by atoms with van der Waals surface area (Å²) in [6.45, 7) is 2.94. The van der Waals surface area contributed by atoms with Crippen LogP contribution in [0.25, 0.3) is 0 Å². The van der Waals surface area contributed by atoms with E-state index in [1.165, 1.54) is 16.7 Å². The predicted octanol–water partition coefficient (Wildman–Crippen LogP) is 5.38. The highest BCUT2D eigenvalue weighted by atomic mass is 16.5. The van der Waals surface area contributed by atoms with Crippen LogP contribution in [0.3, 0.4) is 0 Å². The van der Waals surface area contributed by atoms with Gasteiger partial charge in [-0.15, -0.1) is 0 Å². The summed E-state index contributed by atoms with van der Waals surface area (Å²) in [4.78, 5) is 19.2. The summed E-state index contributed by atoms with van der Waals surface area (Å²) in [5, 5.41) is 0.